The number of pyridine rings is 2. The van der Waals surface area contributed by atoms with E-state index in [0.29, 0.717) is 23.1 Å². The number of hydrogen-bond acceptors (Lipinski definition) is 5. The molecule has 0 spiro atoms. The van der Waals surface area contributed by atoms with Crippen molar-refractivity contribution in [3.8, 4) is 39.6 Å². The van der Waals surface area contributed by atoms with Crippen LogP contribution in [0.5, 0.6) is 17.4 Å². The number of aromatic hydroxyl groups is 1. The zero-order valence-electron chi connectivity index (χ0n) is 26.8. The summed E-state index contributed by atoms with van der Waals surface area (Å²) in [5.41, 5.74) is 7.35. The average Bonchev–Trinajstić information content (AvgIpc) is 3.69. The Morgan fingerprint density at radius 1 is 0.694 bits per heavy atom. The predicted octanol–water partition coefficient (Wildman–Crippen LogP) is 11.4. The number of fused-ring (bicyclic) bond motifs is 1. The van der Waals surface area contributed by atoms with Gasteiger partial charge in [0.15, 0.2) is 0 Å². The van der Waals surface area contributed by atoms with Crippen molar-refractivity contribution in [3.05, 3.63) is 157 Å². The number of hydrogen-bond donors (Lipinski definition) is 1. The van der Waals surface area contributed by atoms with Crippen LogP contribution >= 0.6 is 0 Å². The molecule has 0 saturated heterocycles. The van der Waals surface area contributed by atoms with Gasteiger partial charge in [-0.05, 0) is 71.3 Å². The molecule has 0 unspecified atom stereocenters. The third-order valence-corrected chi connectivity index (χ3v) is 9.15. The summed E-state index contributed by atoms with van der Waals surface area (Å²) in [7, 11) is 0. The summed E-state index contributed by atoms with van der Waals surface area (Å²) >= 11 is 0. The van der Waals surface area contributed by atoms with Crippen molar-refractivity contribution in [3.63, 3.8) is 0 Å². The fraction of sp³-hybridized carbons (Fsp3) is 0.116. The molecular formula is C43H34N3O2Pt-. The predicted molar refractivity (Wildman–Crippen MR) is 193 cm³/mol. The van der Waals surface area contributed by atoms with Gasteiger partial charge in [0.2, 0.25) is 5.88 Å². The number of benzene rings is 5. The molecular weight excluding hydrogens is 786 g/mol. The van der Waals surface area contributed by atoms with Gasteiger partial charge in [0.1, 0.15) is 17.1 Å². The molecule has 1 fully saturated rings. The quantitative estimate of drug-likeness (QED) is 0.155. The number of para-hydroxylation sites is 1. The zero-order chi connectivity index (χ0) is 32.3. The summed E-state index contributed by atoms with van der Waals surface area (Å²) in [5.74, 6) is 2.29. The monoisotopic (exact) mass is 819 g/mol. The van der Waals surface area contributed by atoms with Gasteiger partial charge >= 0.3 is 0 Å². The maximum absolute atomic E-state index is 11.6. The van der Waals surface area contributed by atoms with Gasteiger partial charge in [-0.1, -0.05) is 103 Å². The molecule has 6 heteroatoms. The Morgan fingerprint density at radius 2 is 1.39 bits per heavy atom. The van der Waals surface area contributed by atoms with E-state index in [4.69, 9.17) is 14.7 Å². The molecule has 0 amide bonds. The first kappa shape index (κ1) is 32.3. The number of aromatic nitrogens is 2. The Kier molecular flexibility index (Phi) is 9.54. The summed E-state index contributed by atoms with van der Waals surface area (Å²) in [6.45, 7) is 0. The van der Waals surface area contributed by atoms with Crippen LogP contribution in [-0.4, -0.2) is 15.1 Å². The molecule has 0 atom stereocenters. The molecule has 0 radical (unpaired) electrons. The molecule has 7 aromatic rings. The van der Waals surface area contributed by atoms with Gasteiger partial charge in [-0.2, -0.15) is 6.07 Å². The van der Waals surface area contributed by atoms with E-state index in [0.717, 1.165) is 57.7 Å². The van der Waals surface area contributed by atoms with Crippen molar-refractivity contribution in [1.29, 1.82) is 0 Å². The van der Waals surface area contributed by atoms with Crippen molar-refractivity contribution in [2.75, 3.05) is 4.90 Å². The van der Waals surface area contributed by atoms with Crippen LogP contribution in [-0.2, 0) is 21.1 Å². The van der Waals surface area contributed by atoms with E-state index in [1.165, 1.54) is 18.4 Å². The van der Waals surface area contributed by atoms with Gasteiger partial charge in [-0.15, -0.1) is 18.2 Å². The molecule has 5 nitrogen and oxygen atoms in total. The van der Waals surface area contributed by atoms with Gasteiger partial charge in [-0.25, -0.2) is 9.97 Å². The van der Waals surface area contributed by atoms with Crippen LogP contribution in [0.3, 0.4) is 0 Å². The van der Waals surface area contributed by atoms with Crippen LogP contribution in [0.15, 0.2) is 146 Å². The normalized spacial score (nSPS) is 12.8. The fourth-order valence-corrected chi connectivity index (χ4v) is 6.82. The molecule has 5 aromatic carbocycles. The largest absolute Gasteiger partial charge is 0.505 e. The van der Waals surface area contributed by atoms with Gasteiger partial charge in [0, 0.05) is 55.7 Å². The molecule has 244 valence electrons. The molecule has 1 N–H and O–H groups in total. The number of rotatable bonds is 8. The third-order valence-electron chi connectivity index (χ3n) is 9.15. The minimum Gasteiger partial charge on any atom is -0.505 e. The first-order chi connectivity index (χ1) is 23.7. The van der Waals surface area contributed by atoms with Crippen molar-refractivity contribution < 1.29 is 30.9 Å². The summed E-state index contributed by atoms with van der Waals surface area (Å²) < 4.78 is 6.52. The Morgan fingerprint density at radius 3 is 2.12 bits per heavy atom. The first-order valence-electron chi connectivity index (χ1n) is 16.5. The standard InChI is InChI=1S/C43H34N3O2.Pt/c47-43-37(31-15-6-2-7-16-31)23-24-38-39(32-17-10-11-18-32)29-41(45-42(38)43)48-36-22-12-21-35(28-36)46(34-19-8-3-9-20-34)40-27-33(25-26-44-40)30-13-4-1-5-14-30;/h1-9,12-16,19-27,29,32,47H,10-11,17-18H2;/q-1;. The topological polar surface area (TPSA) is 58.5 Å². The van der Waals surface area contributed by atoms with Crippen molar-refractivity contribution in [1.82, 2.24) is 9.97 Å². The second-order valence-electron chi connectivity index (χ2n) is 12.2. The second-order valence-corrected chi connectivity index (χ2v) is 12.2. The van der Waals surface area contributed by atoms with E-state index < -0.39 is 0 Å². The molecule has 49 heavy (non-hydrogen) atoms. The molecule has 1 aliphatic carbocycles. The number of phenols is 1. The van der Waals surface area contributed by atoms with Crippen LogP contribution < -0.4 is 9.64 Å². The van der Waals surface area contributed by atoms with Crippen LogP contribution in [0.4, 0.5) is 17.2 Å². The smallest absolute Gasteiger partial charge is 0.217 e. The van der Waals surface area contributed by atoms with Crippen molar-refractivity contribution >= 4 is 28.1 Å². The maximum Gasteiger partial charge on any atom is 0.217 e. The minimum absolute atomic E-state index is 0. The molecule has 8 rings (SSSR count). The molecule has 1 aliphatic rings. The maximum atomic E-state index is 11.6. The van der Waals surface area contributed by atoms with Crippen molar-refractivity contribution in [2.45, 2.75) is 31.6 Å². The van der Waals surface area contributed by atoms with E-state index in [2.05, 4.69) is 53.4 Å². The van der Waals surface area contributed by atoms with E-state index in [1.54, 1.807) is 0 Å². The van der Waals surface area contributed by atoms with Gasteiger partial charge in [0.05, 0.1) is 0 Å². The van der Waals surface area contributed by atoms with E-state index in [-0.39, 0.29) is 26.8 Å². The van der Waals surface area contributed by atoms with E-state index >= 15 is 0 Å². The number of anilines is 3. The Labute approximate surface area is 301 Å². The summed E-state index contributed by atoms with van der Waals surface area (Å²) in [6.07, 6.45) is 6.46. The Hall–Kier alpha value is -5.25. The molecule has 2 heterocycles. The van der Waals surface area contributed by atoms with Crippen LogP contribution in [0, 0.1) is 6.07 Å². The van der Waals surface area contributed by atoms with Crippen LogP contribution in [0.1, 0.15) is 37.2 Å². The fourth-order valence-electron chi connectivity index (χ4n) is 6.82. The number of nitrogens with zero attached hydrogens (tertiary/aromatic N) is 3. The molecule has 0 bridgehead atoms. The van der Waals surface area contributed by atoms with Crippen molar-refractivity contribution in [2.24, 2.45) is 0 Å². The average molecular weight is 820 g/mol. The summed E-state index contributed by atoms with van der Waals surface area (Å²) in [6, 6.07) is 50.0. The van der Waals surface area contributed by atoms with Crippen LogP contribution in [0.2, 0.25) is 0 Å². The third kappa shape index (κ3) is 6.72. The Balaban J connectivity index is 0.00000378. The van der Waals surface area contributed by atoms with Gasteiger partial charge < -0.3 is 14.7 Å². The summed E-state index contributed by atoms with van der Waals surface area (Å²) in [5, 5.41) is 12.6. The summed E-state index contributed by atoms with van der Waals surface area (Å²) in [4.78, 5) is 11.8. The zero-order valence-corrected chi connectivity index (χ0v) is 29.0. The molecule has 2 aromatic heterocycles. The number of phenolic OH excluding ortho intramolecular Hbond substituents is 1. The SMILES string of the molecule is Oc1c(-c2ccccc2)ccc2c(C3CCCC3)cc(Oc3[c-]c(N(c4ccccc4)c4cc(-c5ccccc5)ccn4)ccc3)nc12.[Pt]. The van der Waals surface area contributed by atoms with E-state index in [9.17, 15) is 5.11 Å². The van der Waals surface area contributed by atoms with Gasteiger partial charge in [0.25, 0.3) is 0 Å². The first-order valence-corrected chi connectivity index (χ1v) is 16.5. The molecule has 1 saturated carbocycles. The minimum atomic E-state index is 0. The van der Waals surface area contributed by atoms with Crippen LogP contribution in [0.25, 0.3) is 33.2 Å². The Bertz CT molecular complexity index is 2190. The van der Waals surface area contributed by atoms with Gasteiger partial charge in [-0.3, -0.25) is 0 Å². The molecule has 0 aliphatic heterocycles. The number of ether oxygens (including phenoxy) is 1. The second kappa shape index (κ2) is 14.5. The van der Waals surface area contributed by atoms with E-state index in [1.807, 2.05) is 103 Å².